The summed E-state index contributed by atoms with van der Waals surface area (Å²) in [5.74, 6) is -7.15. The Hall–Kier alpha value is -4.43. The van der Waals surface area contributed by atoms with E-state index < -0.39 is 75.7 Å². The molecule has 5 atom stereocenters. The minimum Gasteiger partial charge on any atom is -0.510 e. The summed E-state index contributed by atoms with van der Waals surface area (Å²) in [6, 6.07) is 1.57. The Balaban J connectivity index is 1.59. The van der Waals surface area contributed by atoms with Crippen LogP contribution in [0.5, 0.6) is 5.75 Å². The van der Waals surface area contributed by atoms with Crippen LogP contribution in [0.2, 0.25) is 0 Å². The van der Waals surface area contributed by atoms with Crippen molar-refractivity contribution in [2.45, 2.75) is 50.8 Å². The largest absolute Gasteiger partial charge is 0.510 e. The lowest BCUT2D eigenvalue weighted by atomic mass is 9.58. The number of hydrazone groups is 1. The topological polar surface area (TPSA) is 223 Å². The van der Waals surface area contributed by atoms with Crippen LogP contribution in [0.15, 0.2) is 39.9 Å². The second-order valence-corrected chi connectivity index (χ2v) is 11.4. The fourth-order valence-electron chi connectivity index (χ4n) is 6.96. The van der Waals surface area contributed by atoms with Gasteiger partial charge in [-0.05, 0) is 57.8 Å². The molecule has 0 saturated carbocycles. The molecule has 5 rings (SSSR count). The van der Waals surface area contributed by atoms with Gasteiger partial charge < -0.3 is 36.8 Å². The molecule has 14 nitrogen and oxygen atoms in total. The lowest BCUT2D eigenvalue weighted by Gasteiger charge is -2.50. The van der Waals surface area contributed by atoms with Crippen LogP contribution in [0.25, 0.3) is 0 Å². The molecule has 1 aliphatic heterocycles. The van der Waals surface area contributed by atoms with Crippen LogP contribution in [0.4, 0.5) is 5.69 Å². The Labute approximate surface area is 241 Å². The molecule has 1 aromatic rings. The molecule has 1 heterocycles. The molecule has 0 saturated heterocycles. The summed E-state index contributed by atoms with van der Waals surface area (Å²) >= 11 is 0. The van der Waals surface area contributed by atoms with Crippen molar-refractivity contribution in [2.24, 2.45) is 28.4 Å². The van der Waals surface area contributed by atoms with Gasteiger partial charge in [0.1, 0.15) is 41.3 Å². The van der Waals surface area contributed by atoms with Gasteiger partial charge in [0.2, 0.25) is 11.7 Å². The normalized spacial score (nSPS) is 28.0. The quantitative estimate of drug-likeness (QED) is 0.241. The number of nitrogens with zero attached hydrogens (tertiary/aromatic N) is 4. The number of ketones is 2. The second-order valence-electron chi connectivity index (χ2n) is 11.4. The fraction of sp³-hybridized carbons (Fsp3) is 0.464. The lowest BCUT2D eigenvalue weighted by molar-refractivity contribution is -0.148. The number of hydrogen-bond acceptors (Lipinski definition) is 12. The smallest absolute Gasteiger partial charge is 0.255 e. The fourth-order valence-corrected chi connectivity index (χ4v) is 6.96. The summed E-state index contributed by atoms with van der Waals surface area (Å²) in [5.41, 5.74) is 7.63. The predicted octanol–water partition coefficient (Wildman–Crippen LogP) is -0.203. The molecule has 0 radical (unpaired) electrons. The molecular formula is C28H34N6O8. The van der Waals surface area contributed by atoms with E-state index in [1.165, 1.54) is 9.91 Å². The van der Waals surface area contributed by atoms with Crippen LogP contribution in [-0.4, -0.2) is 97.9 Å². The van der Waals surface area contributed by atoms with Gasteiger partial charge in [0.05, 0.1) is 11.6 Å². The Kier molecular flexibility index (Phi) is 6.81. The van der Waals surface area contributed by atoms with Crippen molar-refractivity contribution in [3.8, 4) is 5.75 Å². The SMILES string of the molecule is CCC(C(N)=O)N1CN(c2ccc3c(c2O)C(=O)C2=C(O)[C@]4(O)C(=O)C(C(N)=O)=C(O)[C@@H](N(C)C)C4CC2C3)N=C1C. The van der Waals surface area contributed by atoms with E-state index in [-0.39, 0.29) is 36.3 Å². The average molecular weight is 583 g/mol. The number of aliphatic hydroxyl groups is 3. The van der Waals surface area contributed by atoms with Gasteiger partial charge >= 0.3 is 0 Å². The van der Waals surface area contributed by atoms with Crippen molar-refractivity contribution in [3.63, 3.8) is 0 Å². The zero-order valence-corrected chi connectivity index (χ0v) is 23.7. The van der Waals surface area contributed by atoms with Crippen LogP contribution in [0, 0.1) is 11.8 Å². The van der Waals surface area contributed by atoms with E-state index in [2.05, 4.69) is 5.10 Å². The predicted molar refractivity (Wildman–Crippen MR) is 149 cm³/mol. The van der Waals surface area contributed by atoms with Crippen LogP contribution in [0.1, 0.15) is 42.6 Å². The number of anilines is 1. The van der Waals surface area contributed by atoms with Crippen molar-refractivity contribution in [3.05, 3.63) is 45.9 Å². The monoisotopic (exact) mass is 582 g/mol. The minimum absolute atomic E-state index is 0.00434. The molecule has 8 N–H and O–H groups in total. The molecule has 2 amide bonds. The molecule has 0 fully saturated rings. The van der Waals surface area contributed by atoms with Crippen molar-refractivity contribution in [2.75, 3.05) is 25.8 Å². The highest BCUT2D eigenvalue weighted by Crippen LogP contribution is 2.53. The molecule has 42 heavy (non-hydrogen) atoms. The summed E-state index contributed by atoms with van der Waals surface area (Å²) in [4.78, 5) is 54.6. The van der Waals surface area contributed by atoms with Crippen LogP contribution >= 0.6 is 0 Å². The number of carbonyl (C=O) groups is 4. The third kappa shape index (κ3) is 3.89. The number of fused-ring (bicyclic) bond motifs is 3. The molecule has 4 aliphatic rings. The van der Waals surface area contributed by atoms with Crippen LogP contribution in [-0.2, 0) is 20.8 Å². The molecule has 0 spiro atoms. The molecule has 3 aliphatic carbocycles. The van der Waals surface area contributed by atoms with Gasteiger partial charge in [-0.3, -0.25) is 24.1 Å². The second kappa shape index (κ2) is 9.84. The average Bonchev–Trinajstić information content (AvgIpc) is 3.26. The van der Waals surface area contributed by atoms with E-state index in [1.807, 2.05) is 0 Å². The lowest BCUT2D eigenvalue weighted by Crippen LogP contribution is -2.63. The van der Waals surface area contributed by atoms with Gasteiger partial charge in [-0.15, -0.1) is 0 Å². The number of likely N-dealkylation sites (N-methyl/N-ethyl adjacent to an activating group) is 1. The molecule has 0 aromatic heterocycles. The Morgan fingerprint density at radius 1 is 1.19 bits per heavy atom. The van der Waals surface area contributed by atoms with E-state index in [9.17, 15) is 39.6 Å². The Morgan fingerprint density at radius 2 is 1.86 bits per heavy atom. The number of allylic oxidation sites excluding steroid dienone is 1. The van der Waals surface area contributed by atoms with Gasteiger partial charge in [-0.2, -0.15) is 5.10 Å². The molecule has 3 unspecified atom stereocenters. The standard InChI is InChI=1S/C28H34N6O8/c1-5-15(26(29)40)33-10-34(31-11(33)2)16-7-6-12-8-13-9-14-20(32(3)4)23(37)19(27(30)41)25(39)28(14,42)24(38)18(13)22(36)17(12)21(16)35/h6-7,13-15,20,35,37-38,42H,5,8-10H2,1-4H3,(H2,29,40)(H2,30,41)/t13?,14?,15?,20-,28-/m0/s1. The van der Waals surface area contributed by atoms with E-state index in [0.29, 0.717) is 17.8 Å². The first kappa shape index (κ1) is 29.1. The summed E-state index contributed by atoms with van der Waals surface area (Å²) in [5, 5.41) is 51.2. The molecule has 224 valence electrons. The highest BCUT2D eigenvalue weighted by Gasteiger charge is 2.63. The van der Waals surface area contributed by atoms with Crippen molar-refractivity contribution >= 4 is 34.9 Å². The van der Waals surface area contributed by atoms with E-state index in [0.717, 1.165) is 0 Å². The number of benzene rings is 1. The summed E-state index contributed by atoms with van der Waals surface area (Å²) < 4.78 is 0. The summed E-state index contributed by atoms with van der Waals surface area (Å²) in [7, 11) is 3.14. The number of hydrogen-bond donors (Lipinski definition) is 6. The van der Waals surface area contributed by atoms with Crippen LogP contribution < -0.4 is 16.5 Å². The zero-order chi connectivity index (χ0) is 31.0. The maximum Gasteiger partial charge on any atom is 0.255 e. The minimum atomic E-state index is -2.71. The first-order valence-corrected chi connectivity index (χ1v) is 13.5. The third-order valence-electron chi connectivity index (χ3n) is 8.91. The molecule has 1 aromatic carbocycles. The van der Waals surface area contributed by atoms with Crippen LogP contribution in [0.3, 0.4) is 0 Å². The number of carbonyl (C=O) groups excluding carboxylic acids is 4. The zero-order valence-electron chi connectivity index (χ0n) is 23.7. The molecule has 0 bridgehead atoms. The number of amidine groups is 1. The number of phenolic OH excluding ortho intramolecular Hbond substituents is 1. The maximum absolute atomic E-state index is 14.0. The van der Waals surface area contributed by atoms with Gasteiger partial charge in [0.25, 0.3) is 5.91 Å². The first-order valence-electron chi connectivity index (χ1n) is 13.5. The Bertz CT molecular complexity index is 1530. The van der Waals surface area contributed by atoms with Crippen molar-refractivity contribution in [1.82, 2.24) is 9.80 Å². The van der Waals surface area contributed by atoms with Crippen molar-refractivity contribution in [1.29, 1.82) is 0 Å². The number of phenols is 1. The van der Waals surface area contributed by atoms with Crippen molar-refractivity contribution < 1.29 is 39.6 Å². The van der Waals surface area contributed by atoms with Gasteiger partial charge in [-0.1, -0.05) is 13.0 Å². The van der Waals surface area contributed by atoms with E-state index in [1.54, 1.807) is 45.0 Å². The number of Topliss-reactive ketones (excluding diaryl/α,β-unsaturated/α-hetero) is 2. The molecular weight excluding hydrogens is 548 g/mol. The van der Waals surface area contributed by atoms with Gasteiger partial charge in [0.15, 0.2) is 17.1 Å². The number of amides is 2. The number of primary amides is 2. The van der Waals surface area contributed by atoms with Gasteiger partial charge in [-0.25, -0.2) is 5.01 Å². The first-order chi connectivity index (χ1) is 19.7. The Morgan fingerprint density at radius 3 is 2.43 bits per heavy atom. The summed E-state index contributed by atoms with van der Waals surface area (Å²) in [6.07, 6.45) is 0.613. The van der Waals surface area contributed by atoms with Gasteiger partial charge in [0, 0.05) is 11.5 Å². The highest BCUT2D eigenvalue weighted by molar-refractivity contribution is 6.24. The number of aliphatic hydroxyl groups excluding tert-OH is 2. The maximum atomic E-state index is 14.0. The number of aromatic hydroxyl groups is 1. The highest BCUT2D eigenvalue weighted by atomic mass is 16.3. The van der Waals surface area contributed by atoms with E-state index in [4.69, 9.17) is 11.5 Å². The number of nitrogens with two attached hydrogens (primary N) is 2. The van der Waals surface area contributed by atoms with E-state index >= 15 is 0 Å². The number of rotatable bonds is 6. The molecule has 14 heteroatoms. The third-order valence-corrected chi connectivity index (χ3v) is 8.91. The summed E-state index contributed by atoms with van der Waals surface area (Å²) in [6.45, 7) is 3.58.